The van der Waals surface area contributed by atoms with Crippen molar-refractivity contribution in [3.05, 3.63) is 66.0 Å². The number of hydrogen-bond acceptors (Lipinski definition) is 6. The van der Waals surface area contributed by atoms with E-state index in [-0.39, 0.29) is 0 Å². The van der Waals surface area contributed by atoms with E-state index >= 15 is 0 Å². The fourth-order valence-electron chi connectivity index (χ4n) is 3.53. The van der Waals surface area contributed by atoms with Crippen LogP contribution in [0.5, 0.6) is 0 Å². The van der Waals surface area contributed by atoms with E-state index in [0.717, 1.165) is 63.1 Å². The summed E-state index contributed by atoms with van der Waals surface area (Å²) in [7, 11) is 0. The molecule has 7 heteroatoms. The molecule has 136 valence electrons. The van der Waals surface area contributed by atoms with Gasteiger partial charge in [-0.3, -0.25) is 0 Å². The Morgan fingerprint density at radius 1 is 1.00 bits per heavy atom. The standard InChI is InChI=1S/C21H16N6S/c1-2-5-13(6-3-1)17-12-28-21-25-24-20(27(21)26-17)16-11-15-7-4-10-22-19(15)23-18(16)14-8-9-14/h1-7,10-11,14H,8-9,12H2. The lowest BCUT2D eigenvalue weighted by atomic mass is 10.1. The molecule has 0 bridgehead atoms. The third-order valence-electron chi connectivity index (χ3n) is 5.10. The van der Waals surface area contributed by atoms with Crippen molar-refractivity contribution in [3.8, 4) is 11.4 Å². The van der Waals surface area contributed by atoms with E-state index in [1.54, 1.807) is 18.0 Å². The van der Waals surface area contributed by atoms with Crippen molar-refractivity contribution in [1.29, 1.82) is 0 Å². The van der Waals surface area contributed by atoms with Crippen LogP contribution in [-0.4, -0.2) is 36.3 Å². The molecule has 6 rings (SSSR count). The van der Waals surface area contributed by atoms with Crippen molar-refractivity contribution < 1.29 is 0 Å². The van der Waals surface area contributed by atoms with Gasteiger partial charge in [0.05, 0.1) is 11.4 Å². The van der Waals surface area contributed by atoms with Gasteiger partial charge in [-0.05, 0) is 36.6 Å². The van der Waals surface area contributed by atoms with E-state index in [2.05, 4.69) is 33.4 Å². The maximum Gasteiger partial charge on any atom is 0.212 e. The number of fused-ring (bicyclic) bond motifs is 2. The number of rotatable bonds is 3. The van der Waals surface area contributed by atoms with Gasteiger partial charge in [0.2, 0.25) is 5.16 Å². The molecule has 0 N–H and O–H groups in total. The van der Waals surface area contributed by atoms with Crippen molar-refractivity contribution in [2.75, 3.05) is 5.75 Å². The zero-order chi connectivity index (χ0) is 18.5. The second-order valence-corrected chi connectivity index (χ2v) is 8.01. The van der Waals surface area contributed by atoms with Gasteiger partial charge in [0, 0.05) is 28.8 Å². The maximum atomic E-state index is 4.90. The molecule has 0 spiro atoms. The molecule has 2 aliphatic rings. The van der Waals surface area contributed by atoms with Gasteiger partial charge in [0.25, 0.3) is 0 Å². The summed E-state index contributed by atoms with van der Waals surface area (Å²) in [5.41, 5.74) is 5.02. The lowest BCUT2D eigenvalue weighted by molar-refractivity contribution is 0.761. The molecule has 4 aromatic rings. The van der Waals surface area contributed by atoms with Crippen LogP contribution in [0.4, 0.5) is 0 Å². The Morgan fingerprint density at radius 3 is 2.75 bits per heavy atom. The Kier molecular flexibility index (Phi) is 3.55. The molecule has 6 nitrogen and oxygen atoms in total. The zero-order valence-electron chi connectivity index (χ0n) is 15.0. The Morgan fingerprint density at radius 2 is 1.89 bits per heavy atom. The first kappa shape index (κ1) is 15.9. The predicted molar refractivity (Wildman–Crippen MR) is 110 cm³/mol. The molecule has 0 saturated heterocycles. The van der Waals surface area contributed by atoms with Crippen molar-refractivity contribution >= 4 is 28.5 Å². The smallest absolute Gasteiger partial charge is 0.212 e. The van der Waals surface area contributed by atoms with Crippen LogP contribution in [-0.2, 0) is 0 Å². The van der Waals surface area contributed by atoms with E-state index < -0.39 is 0 Å². The van der Waals surface area contributed by atoms with Gasteiger partial charge in [-0.15, -0.1) is 10.2 Å². The summed E-state index contributed by atoms with van der Waals surface area (Å²) in [4.78, 5) is 9.30. The van der Waals surface area contributed by atoms with E-state index in [4.69, 9.17) is 10.1 Å². The van der Waals surface area contributed by atoms with Crippen LogP contribution in [0, 0.1) is 0 Å². The highest BCUT2D eigenvalue weighted by Crippen LogP contribution is 2.44. The highest BCUT2D eigenvalue weighted by Gasteiger charge is 2.31. The fraction of sp³-hybridized carbons (Fsp3) is 0.190. The Balaban J connectivity index is 1.54. The minimum atomic E-state index is 0.475. The van der Waals surface area contributed by atoms with Gasteiger partial charge in [0.1, 0.15) is 0 Å². The first-order chi connectivity index (χ1) is 13.9. The SMILES string of the molecule is c1ccc(C2=Nn3c(nnc3-c3cc4cccnc4nc3C3CC3)SC2)cc1. The Labute approximate surface area is 165 Å². The lowest BCUT2D eigenvalue weighted by Gasteiger charge is -2.15. The molecule has 0 atom stereocenters. The lowest BCUT2D eigenvalue weighted by Crippen LogP contribution is -2.14. The highest BCUT2D eigenvalue weighted by molar-refractivity contribution is 7.99. The normalized spacial score (nSPS) is 16.1. The third-order valence-corrected chi connectivity index (χ3v) is 6.03. The summed E-state index contributed by atoms with van der Waals surface area (Å²) in [6.45, 7) is 0. The molecule has 1 aromatic carbocycles. The van der Waals surface area contributed by atoms with Crippen LogP contribution in [0.3, 0.4) is 0 Å². The first-order valence-corrected chi connectivity index (χ1v) is 10.3. The summed E-state index contributed by atoms with van der Waals surface area (Å²) < 4.78 is 1.88. The number of benzene rings is 1. The van der Waals surface area contributed by atoms with Gasteiger partial charge in [0.15, 0.2) is 11.5 Å². The van der Waals surface area contributed by atoms with Crippen LogP contribution in [0.1, 0.15) is 30.0 Å². The summed E-state index contributed by atoms with van der Waals surface area (Å²) in [6, 6.07) is 16.4. The fourth-order valence-corrected chi connectivity index (χ4v) is 4.37. The van der Waals surface area contributed by atoms with E-state index in [0.29, 0.717) is 5.92 Å². The van der Waals surface area contributed by atoms with Crippen LogP contribution in [0.2, 0.25) is 0 Å². The minimum absolute atomic E-state index is 0.475. The second-order valence-electron chi connectivity index (χ2n) is 7.06. The number of hydrogen-bond donors (Lipinski definition) is 0. The van der Waals surface area contributed by atoms with Gasteiger partial charge in [-0.1, -0.05) is 42.1 Å². The second kappa shape index (κ2) is 6.24. The first-order valence-electron chi connectivity index (χ1n) is 9.34. The molecular formula is C21H16N6S. The monoisotopic (exact) mass is 384 g/mol. The topological polar surface area (TPSA) is 68.8 Å². The van der Waals surface area contributed by atoms with Crippen molar-refractivity contribution in [1.82, 2.24) is 24.8 Å². The molecule has 0 unspecified atom stereocenters. The molecule has 0 radical (unpaired) electrons. The molecule has 0 amide bonds. The van der Waals surface area contributed by atoms with E-state index in [1.807, 2.05) is 35.0 Å². The number of aromatic nitrogens is 5. The maximum absolute atomic E-state index is 4.90. The minimum Gasteiger partial charge on any atom is -0.237 e. The number of nitrogens with zero attached hydrogens (tertiary/aromatic N) is 6. The Bertz CT molecular complexity index is 1230. The number of pyridine rings is 2. The molecule has 3 aromatic heterocycles. The van der Waals surface area contributed by atoms with Crippen LogP contribution < -0.4 is 0 Å². The number of thioether (sulfide) groups is 1. The van der Waals surface area contributed by atoms with Crippen LogP contribution in [0.25, 0.3) is 22.4 Å². The molecule has 4 heterocycles. The third kappa shape index (κ3) is 2.62. The van der Waals surface area contributed by atoms with Gasteiger partial charge < -0.3 is 0 Å². The van der Waals surface area contributed by atoms with Gasteiger partial charge in [-0.25, -0.2) is 9.97 Å². The molecule has 1 aliphatic heterocycles. The zero-order valence-corrected chi connectivity index (χ0v) is 15.8. The van der Waals surface area contributed by atoms with Crippen molar-refractivity contribution in [2.45, 2.75) is 23.9 Å². The Hall–Kier alpha value is -3.06. The highest BCUT2D eigenvalue weighted by atomic mass is 32.2. The summed E-state index contributed by atoms with van der Waals surface area (Å²) >= 11 is 1.67. The van der Waals surface area contributed by atoms with Crippen molar-refractivity contribution in [3.63, 3.8) is 0 Å². The quantitative estimate of drug-likeness (QED) is 0.531. The molecule has 1 saturated carbocycles. The van der Waals surface area contributed by atoms with Crippen LogP contribution >= 0.6 is 11.8 Å². The molecule has 1 fully saturated rings. The molecular weight excluding hydrogens is 368 g/mol. The van der Waals surface area contributed by atoms with E-state index in [1.165, 1.54) is 0 Å². The van der Waals surface area contributed by atoms with E-state index in [9.17, 15) is 0 Å². The van der Waals surface area contributed by atoms with Crippen LogP contribution in [0.15, 0.2) is 65.0 Å². The van der Waals surface area contributed by atoms with Crippen molar-refractivity contribution in [2.24, 2.45) is 5.10 Å². The largest absolute Gasteiger partial charge is 0.237 e. The average molecular weight is 384 g/mol. The average Bonchev–Trinajstić information content (AvgIpc) is 3.52. The summed E-state index contributed by atoms with van der Waals surface area (Å²) in [5.74, 6) is 2.02. The summed E-state index contributed by atoms with van der Waals surface area (Å²) in [6.07, 6.45) is 4.11. The molecule has 28 heavy (non-hydrogen) atoms. The van der Waals surface area contributed by atoms with Gasteiger partial charge >= 0.3 is 0 Å². The molecule has 1 aliphatic carbocycles. The summed E-state index contributed by atoms with van der Waals surface area (Å²) in [5, 5.41) is 15.6. The predicted octanol–water partition coefficient (Wildman–Crippen LogP) is 4.12. The van der Waals surface area contributed by atoms with Gasteiger partial charge in [-0.2, -0.15) is 9.78 Å².